The van der Waals surface area contributed by atoms with Gasteiger partial charge in [0.25, 0.3) is 5.91 Å². The Labute approximate surface area is 206 Å². The Balaban J connectivity index is 1.47. The van der Waals surface area contributed by atoms with Crippen molar-refractivity contribution in [3.8, 4) is 0 Å². The normalized spacial score (nSPS) is 14.3. The van der Waals surface area contributed by atoms with Crippen LogP contribution in [0.2, 0.25) is 0 Å². The van der Waals surface area contributed by atoms with Crippen LogP contribution in [0.15, 0.2) is 72.8 Å². The minimum absolute atomic E-state index is 0.0623. The summed E-state index contributed by atoms with van der Waals surface area (Å²) in [5, 5.41) is 6.94. The molecule has 3 aromatic carbocycles. The lowest BCUT2D eigenvalue weighted by Crippen LogP contribution is -2.48. The number of nitrogens with zero attached hydrogens (tertiary/aromatic N) is 2. The lowest BCUT2D eigenvalue weighted by molar-refractivity contribution is -0.129. The smallest absolute Gasteiger partial charge is 0.250 e. The van der Waals surface area contributed by atoms with Gasteiger partial charge >= 0.3 is 0 Å². The predicted molar refractivity (Wildman–Crippen MR) is 142 cm³/mol. The molecule has 2 amide bonds. The number of nitrogens with one attached hydrogen (secondary N) is 2. The van der Waals surface area contributed by atoms with Gasteiger partial charge in [-0.3, -0.25) is 9.59 Å². The summed E-state index contributed by atoms with van der Waals surface area (Å²) in [5.41, 5.74) is 10.9. The fourth-order valence-electron chi connectivity index (χ4n) is 4.45. The molecule has 1 unspecified atom stereocenters. The summed E-state index contributed by atoms with van der Waals surface area (Å²) in [6.45, 7) is 6.89. The molecule has 1 saturated heterocycles. The summed E-state index contributed by atoms with van der Waals surface area (Å²) in [6.07, 6.45) is 0.863. The molecule has 0 radical (unpaired) electrons. The highest BCUT2D eigenvalue weighted by molar-refractivity contribution is 5.99. The molecule has 4 N–H and O–H groups in total. The van der Waals surface area contributed by atoms with E-state index in [9.17, 15) is 9.59 Å². The number of hydrogen-bond donors (Lipinski definition) is 3. The predicted octanol–water partition coefficient (Wildman–Crippen LogP) is 4.76. The summed E-state index contributed by atoms with van der Waals surface area (Å²) < 4.78 is 0. The number of hydrogen-bond acceptors (Lipinski definition) is 5. The first kappa shape index (κ1) is 24.1. The fourth-order valence-corrected chi connectivity index (χ4v) is 4.45. The highest BCUT2D eigenvalue weighted by atomic mass is 16.2. The molecule has 0 aromatic heterocycles. The second kappa shape index (κ2) is 11.0. The standard InChI is InChI=1S/C28H33N5O2/c1-3-26(21-7-5-4-6-8-21)31-27-19-23(11-14-25(27)28(29)35)30-22-9-12-24(13-10-22)33-17-15-32(16-18-33)20(2)34/h4-14,19,26,30-31H,3,15-18H2,1-2H3,(H2,29,35). The molecule has 1 aliphatic heterocycles. The van der Waals surface area contributed by atoms with Crippen LogP contribution < -0.4 is 21.3 Å². The molecule has 1 heterocycles. The van der Waals surface area contributed by atoms with Crippen LogP contribution in [0.5, 0.6) is 0 Å². The van der Waals surface area contributed by atoms with Crippen LogP contribution in [-0.4, -0.2) is 42.9 Å². The van der Waals surface area contributed by atoms with Crippen molar-refractivity contribution in [2.24, 2.45) is 5.73 Å². The number of rotatable bonds is 8. The van der Waals surface area contributed by atoms with Crippen molar-refractivity contribution in [3.63, 3.8) is 0 Å². The summed E-state index contributed by atoms with van der Waals surface area (Å²) >= 11 is 0. The van der Waals surface area contributed by atoms with Gasteiger partial charge in [-0.25, -0.2) is 0 Å². The summed E-state index contributed by atoms with van der Waals surface area (Å²) in [5.74, 6) is -0.328. The average molecular weight is 472 g/mol. The molecule has 4 rings (SSSR count). The van der Waals surface area contributed by atoms with Gasteiger partial charge in [-0.2, -0.15) is 0 Å². The van der Waals surface area contributed by atoms with Crippen LogP contribution in [0.4, 0.5) is 22.7 Å². The van der Waals surface area contributed by atoms with Crippen LogP contribution in [0, 0.1) is 0 Å². The van der Waals surface area contributed by atoms with Gasteiger partial charge in [-0.1, -0.05) is 37.3 Å². The van der Waals surface area contributed by atoms with Gasteiger partial charge < -0.3 is 26.2 Å². The van der Waals surface area contributed by atoms with Crippen molar-refractivity contribution < 1.29 is 9.59 Å². The number of amides is 2. The summed E-state index contributed by atoms with van der Waals surface area (Å²) in [4.78, 5) is 27.8. The van der Waals surface area contributed by atoms with Gasteiger partial charge in [0.15, 0.2) is 0 Å². The molecule has 1 fully saturated rings. The quantitative estimate of drug-likeness (QED) is 0.441. The largest absolute Gasteiger partial charge is 0.378 e. The van der Waals surface area contributed by atoms with Crippen LogP contribution >= 0.6 is 0 Å². The van der Waals surface area contributed by atoms with Gasteiger partial charge in [-0.15, -0.1) is 0 Å². The lowest BCUT2D eigenvalue weighted by Gasteiger charge is -2.35. The van der Waals surface area contributed by atoms with Gasteiger partial charge in [0.05, 0.1) is 11.6 Å². The van der Waals surface area contributed by atoms with Crippen molar-refractivity contribution in [3.05, 3.63) is 83.9 Å². The maximum Gasteiger partial charge on any atom is 0.250 e. The Morgan fingerprint density at radius 2 is 1.57 bits per heavy atom. The molecule has 0 spiro atoms. The van der Waals surface area contributed by atoms with E-state index in [0.717, 1.165) is 55.2 Å². The topological polar surface area (TPSA) is 90.7 Å². The van der Waals surface area contributed by atoms with Gasteiger partial charge in [0, 0.05) is 55.9 Å². The SMILES string of the molecule is CCC(Nc1cc(Nc2ccc(N3CCN(C(C)=O)CC3)cc2)ccc1C(N)=O)c1ccccc1. The van der Waals surface area contributed by atoms with Crippen LogP contribution in [0.1, 0.15) is 42.2 Å². The number of carbonyl (C=O) groups excluding carboxylic acids is 2. The summed E-state index contributed by atoms with van der Waals surface area (Å²) in [6, 6.07) is 24.1. The number of nitrogens with two attached hydrogens (primary N) is 1. The number of piperazine rings is 1. The maximum atomic E-state index is 12.1. The number of benzene rings is 3. The average Bonchev–Trinajstić information content (AvgIpc) is 2.88. The van der Waals surface area contributed by atoms with E-state index in [4.69, 9.17) is 5.73 Å². The van der Waals surface area contributed by atoms with E-state index in [0.29, 0.717) is 11.3 Å². The third kappa shape index (κ3) is 5.93. The van der Waals surface area contributed by atoms with Crippen molar-refractivity contribution in [1.82, 2.24) is 4.90 Å². The molecule has 0 saturated carbocycles. The van der Waals surface area contributed by atoms with Gasteiger partial charge in [0.2, 0.25) is 5.91 Å². The van der Waals surface area contributed by atoms with Gasteiger partial charge in [0.1, 0.15) is 0 Å². The first-order valence-electron chi connectivity index (χ1n) is 12.1. The molecule has 7 nitrogen and oxygen atoms in total. The zero-order valence-corrected chi connectivity index (χ0v) is 20.3. The number of anilines is 4. The van der Waals surface area contributed by atoms with E-state index in [2.05, 4.69) is 46.7 Å². The zero-order valence-electron chi connectivity index (χ0n) is 20.3. The molecule has 0 bridgehead atoms. The molecule has 3 aromatic rings. The molecule has 7 heteroatoms. The third-order valence-electron chi connectivity index (χ3n) is 6.47. The van der Waals surface area contributed by atoms with E-state index in [1.165, 1.54) is 0 Å². The molecule has 1 atom stereocenters. The Bertz CT molecular complexity index is 1160. The first-order chi connectivity index (χ1) is 16.9. The highest BCUT2D eigenvalue weighted by Crippen LogP contribution is 2.29. The Hall–Kier alpha value is -4.00. The van der Waals surface area contributed by atoms with Crippen molar-refractivity contribution in [2.45, 2.75) is 26.3 Å². The second-order valence-corrected chi connectivity index (χ2v) is 8.81. The van der Waals surface area contributed by atoms with Crippen LogP contribution in [0.25, 0.3) is 0 Å². The Kier molecular flexibility index (Phi) is 7.55. The summed E-state index contributed by atoms with van der Waals surface area (Å²) in [7, 11) is 0. The monoisotopic (exact) mass is 471 g/mol. The highest BCUT2D eigenvalue weighted by Gasteiger charge is 2.19. The number of primary amides is 1. The van der Waals surface area contributed by atoms with E-state index in [1.807, 2.05) is 47.4 Å². The first-order valence-corrected chi connectivity index (χ1v) is 12.1. The van der Waals surface area contributed by atoms with Crippen LogP contribution in [-0.2, 0) is 4.79 Å². The van der Waals surface area contributed by atoms with E-state index < -0.39 is 5.91 Å². The molecule has 0 aliphatic carbocycles. The second-order valence-electron chi connectivity index (χ2n) is 8.81. The fraction of sp³-hybridized carbons (Fsp3) is 0.286. The molecular formula is C28H33N5O2. The van der Waals surface area contributed by atoms with E-state index in [1.54, 1.807) is 13.0 Å². The lowest BCUT2D eigenvalue weighted by atomic mass is 10.0. The zero-order chi connectivity index (χ0) is 24.8. The third-order valence-corrected chi connectivity index (χ3v) is 6.47. The van der Waals surface area contributed by atoms with Gasteiger partial charge in [-0.05, 0) is 54.4 Å². The number of carbonyl (C=O) groups is 2. The van der Waals surface area contributed by atoms with E-state index in [-0.39, 0.29) is 11.9 Å². The molecule has 182 valence electrons. The maximum absolute atomic E-state index is 12.1. The van der Waals surface area contributed by atoms with Crippen molar-refractivity contribution >= 4 is 34.6 Å². The molecule has 35 heavy (non-hydrogen) atoms. The Morgan fingerprint density at radius 1 is 0.914 bits per heavy atom. The molecule has 1 aliphatic rings. The minimum atomic E-state index is -0.462. The Morgan fingerprint density at radius 3 is 2.17 bits per heavy atom. The van der Waals surface area contributed by atoms with Crippen molar-refractivity contribution in [2.75, 3.05) is 41.7 Å². The van der Waals surface area contributed by atoms with E-state index >= 15 is 0 Å². The van der Waals surface area contributed by atoms with Crippen molar-refractivity contribution in [1.29, 1.82) is 0 Å². The minimum Gasteiger partial charge on any atom is -0.378 e. The molecular weight excluding hydrogens is 438 g/mol. The van der Waals surface area contributed by atoms with Crippen LogP contribution in [0.3, 0.4) is 0 Å².